The molecule has 31 heavy (non-hydrogen) atoms. The van der Waals surface area contributed by atoms with Gasteiger partial charge in [-0.15, -0.1) is 0 Å². The molecular weight excluding hydrogens is 415 g/mol. The first kappa shape index (κ1) is 21.1. The van der Waals surface area contributed by atoms with Crippen LogP contribution in [0.5, 0.6) is 0 Å². The van der Waals surface area contributed by atoms with Crippen molar-refractivity contribution < 1.29 is 17.6 Å². The summed E-state index contributed by atoms with van der Waals surface area (Å²) in [6.07, 6.45) is 0. The number of nitrogens with one attached hydrogen (secondary N) is 1. The number of anilines is 1. The predicted octanol–water partition coefficient (Wildman–Crippen LogP) is 4.50. The molecule has 1 amide bonds. The zero-order valence-corrected chi connectivity index (χ0v) is 18.3. The third-order valence-corrected chi connectivity index (χ3v) is 7.35. The van der Waals surface area contributed by atoms with Crippen LogP contribution in [0.4, 0.5) is 10.1 Å². The maximum atomic E-state index is 13.9. The highest BCUT2D eigenvalue weighted by Gasteiger charge is 2.36. The molecule has 1 heterocycles. The Hall–Kier alpha value is -3.19. The van der Waals surface area contributed by atoms with E-state index in [4.69, 9.17) is 0 Å². The minimum absolute atomic E-state index is 0.0586. The molecule has 1 aliphatic heterocycles. The lowest BCUT2D eigenvalue weighted by Crippen LogP contribution is -2.43. The summed E-state index contributed by atoms with van der Waals surface area (Å²) >= 11 is 0. The smallest absolute Gasteiger partial charge is 0.265 e. The Labute approximate surface area is 181 Å². The summed E-state index contributed by atoms with van der Waals surface area (Å²) in [7, 11) is -3.97. The van der Waals surface area contributed by atoms with E-state index >= 15 is 0 Å². The van der Waals surface area contributed by atoms with Crippen LogP contribution in [0.25, 0.3) is 11.1 Å². The molecule has 0 aromatic heterocycles. The lowest BCUT2D eigenvalue weighted by atomic mass is 10.0. The van der Waals surface area contributed by atoms with Gasteiger partial charge >= 0.3 is 0 Å². The van der Waals surface area contributed by atoms with Crippen molar-refractivity contribution in [3.63, 3.8) is 0 Å². The van der Waals surface area contributed by atoms with Crippen LogP contribution in [0.15, 0.2) is 65.6 Å². The first-order valence-corrected chi connectivity index (χ1v) is 11.4. The number of rotatable bonds is 4. The molecule has 3 aromatic carbocycles. The van der Waals surface area contributed by atoms with Crippen LogP contribution in [0, 0.1) is 19.7 Å². The number of aryl methyl sites for hydroxylation is 2. The molecule has 0 spiro atoms. The Morgan fingerprint density at radius 2 is 1.77 bits per heavy atom. The number of amides is 1. The van der Waals surface area contributed by atoms with Gasteiger partial charge in [0.25, 0.3) is 10.0 Å². The van der Waals surface area contributed by atoms with E-state index in [9.17, 15) is 17.6 Å². The maximum absolute atomic E-state index is 13.9. The second kappa shape index (κ2) is 7.81. The average Bonchev–Trinajstić information content (AvgIpc) is 2.71. The minimum atomic E-state index is -3.97. The molecular formula is C24H23FN2O3S. The van der Waals surface area contributed by atoms with Gasteiger partial charge in [-0.05, 0) is 56.2 Å². The van der Waals surface area contributed by atoms with Crippen molar-refractivity contribution in [2.45, 2.75) is 31.7 Å². The van der Waals surface area contributed by atoms with E-state index in [0.29, 0.717) is 11.1 Å². The topological polar surface area (TPSA) is 66.5 Å². The number of nitrogens with zero attached hydrogens (tertiary/aromatic N) is 1. The van der Waals surface area contributed by atoms with E-state index in [-0.39, 0.29) is 16.6 Å². The summed E-state index contributed by atoms with van der Waals surface area (Å²) in [6.45, 7) is 5.44. The number of hydrogen-bond donors (Lipinski definition) is 1. The Kier molecular flexibility index (Phi) is 5.31. The molecule has 5 nitrogen and oxygen atoms in total. The van der Waals surface area contributed by atoms with Gasteiger partial charge < -0.3 is 5.32 Å². The first-order valence-electron chi connectivity index (χ1n) is 9.96. The van der Waals surface area contributed by atoms with Gasteiger partial charge in [-0.25, -0.2) is 12.8 Å². The van der Waals surface area contributed by atoms with Crippen LogP contribution in [0.3, 0.4) is 0 Å². The molecule has 1 atom stereocenters. The average molecular weight is 439 g/mol. The first-order chi connectivity index (χ1) is 14.7. The molecule has 0 radical (unpaired) electrons. The van der Waals surface area contributed by atoms with Gasteiger partial charge in [-0.2, -0.15) is 0 Å². The highest BCUT2D eigenvalue weighted by Crippen LogP contribution is 2.43. The lowest BCUT2D eigenvalue weighted by molar-refractivity contribution is -0.120. The van der Waals surface area contributed by atoms with Crippen molar-refractivity contribution >= 4 is 21.6 Å². The molecule has 1 aliphatic rings. The summed E-state index contributed by atoms with van der Waals surface area (Å²) < 4.78 is 41.6. The lowest BCUT2D eigenvalue weighted by Gasteiger charge is -2.32. The number of benzene rings is 3. The molecule has 0 saturated heterocycles. The SMILES string of the molecule is Cc1ccc([C@@H](C)NC(=O)CN2c3ccc(F)cc3-c3ccccc3S2(=O)=O)c(C)c1. The van der Waals surface area contributed by atoms with Crippen molar-refractivity contribution in [3.8, 4) is 11.1 Å². The summed E-state index contributed by atoms with van der Waals surface area (Å²) in [6, 6.07) is 16.0. The Balaban J connectivity index is 1.66. The van der Waals surface area contributed by atoms with E-state index in [1.54, 1.807) is 18.2 Å². The second-order valence-electron chi connectivity index (χ2n) is 7.82. The number of carbonyl (C=O) groups is 1. The molecule has 1 N–H and O–H groups in total. The van der Waals surface area contributed by atoms with Crippen molar-refractivity contribution in [3.05, 3.63) is 83.2 Å². The maximum Gasteiger partial charge on any atom is 0.265 e. The number of fused-ring (bicyclic) bond motifs is 3. The number of sulfonamides is 1. The van der Waals surface area contributed by atoms with Crippen molar-refractivity contribution in [1.29, 1.82) is 0 Å². The highest BCUT2D eigenvalue weighted by atomic mass is 32.2. The van der Waals surface area contributed by atoms with Gasteiger partial charge in [0.05, 0.1) is 16.6 Å². The van der Waals surface area contributed by atoms with Gasteiger partial charge in [-0.1, -0.05) is 42.0 Å². The van der Waals surface area contributed by atoms with E-state index < -0.39 is 28.3 Å². The zero-order chi connectivity index (χ0) is 22.3. The molecule has 4 rings (SSSR count). The second-order valence-corrected chi connectivity index (χ2v) is 9.65. The molecule has 7 heteroatoms. The van der Waals surface area contributed by atoms with Crippen molar-refractivity contribution in [1.82, 2.24) is 5.32 Å². The van der Waals surface area contributed by atoms with E-state index in [2.05, 4.69) is 5.32 Å². The Bertz CT molecular complexity index is 1290. The standard InChI is InChI=1S/C24H23FN2O3S/c1-15-8-10-19(16(2)12-15)17(3)26-24(28)14-27-22-11-9-18(25)13-21(22)20-6-4-5-7-23(20)31(27,29)30/h4-13,17H,14H2,1-3H3,(H,26,28)/t17-/m1/s1. The fourth-order valence-corrected chi connectivity index (χ4v) is 5.73. The quantitative estimate of drug-likeness (QED) is 0.652. The molecule has 0 unspecified atom stereocenters. The molecule has 0 fully saturated rings. The van der Waals surface area contributed by atoms with Crippen molar-refractivity contribution in [2.75, 3.05) is 10.8 Å². The van der Waals surface area contributed by atoms with E-state index in [1.807, 2.05) is 39.0 Å². The largest absolute Gasteiger partial charge is 0.348 e. The highest BCUT2D eigenvalue weighted by molar-refractivity contribution is 7.93. The summed E-state index contributed by atoms with van der Waals surface area (Å²) in [5, 5.41) is 2.89. The number of halogens is 1. The fourth-order valence-electron chi connectivity index (χ4n) is 4.08. The van der Waals surface area contributed by atoms with Gasteiger partial charge in [0.2, 0.25) is 5.91 Å². The Morgan fingerprint density at radius 1 is 1.03 bits per heavy atom. The van der Waals surface area contributed by atoms with Crippen LogP contribution in [0.2, 0.25) is 0 Å². The number of hydrogen-bond acceptors (Lipinski definition) is 3. The van der Waals surface area contributed by atoms with Crippen LogP contribution in [-0.2, 0) is 14.8 Å². The van der Waals surface area contributed by atoms with Crippen LogP contribution in [-0.4, -0.2) is 20.9 Å². The molecule has 160 valence electrons. The van der Waals surface area contributed by atoms with Gasteiger partial charge in [0.1, 0.15) is 12.4 Å². The third kappa shape index (κ3) is 3.81. The zero-order valence-electron chi connectivity index (χ0n) is 17.5. The summed E-state index contributed by atoms with van der Waals surface area (Å²) in [4.78, 5) is 12.9. The van der Waals surface area contributed by atoms with E-state index in [1.165, 1.54) is 24.3 Å². The normalized spacial score (nSPS) is 15.0. The van der Waals surface area contributed by atoms with Crippen LogP contribution >= 0.6 is 0 Å². The van der Waals surface area contributed by atoms with Gasteiger partial charge in [0.15, 0.2) is 0 Å². The predicted molar refractivity (Wildman–Crippen MR) is 119 cm³/mol. The minimum Gasteiger partial charge on any atom is -0.348 e. The summed E-state index contributed by atoms with van der Waals surface area (Å²) in [5.41, 5.74) is 4.30. The van der Waals surface area contributed by atoms with E-state index in [0.717, 1.165) is 21.0 Å². The summed E-state index contributed by atoms with van der Waals surface area (Å²) in [5.74, 6) is -0.911. The number of carbonyl (C=O) groups excluding carboxylic acids is 1. The van der Waals surface area contributed by atoms with Crippen LogP contribution < -0.4 is 9.62 Å². The monoisotopic (exact) mass is 438 g/mol. The fraction of sp³-hybridized carbons (Fsp3) is 0.208. The molecule has 0 saturated carbocycles. The third-order valence-electron chi connectivity index (χ3n) is 5.53. The van der Waals surface area contributed by atoms with Gasteiger partial charge in [-0.3, -0.25) is 9.10 Å². The molecule has 0 bridgehead atoms. The Morgan fingerprint density at radius 3 is 2.52 bits per heavy atom. The van der Waals surface area contributed by atoms with Gasteiger partial charge in [0, 0.05) is 11.1 Å². The van der Waals surface area contributed by atoms with Crippen molar-refractivity contribution in [2.24, 2.45) is 0 Å². The molecule has 3 aromatic rings. The molecule has 0 aliphatic carbocycles. The van der Waals surface area contributed by atoms with Crippen LogP contribution in [0.1, 0.15) is 29.7 Å².